The molecule has 2 aromatic heterocycles. The Morgan fingerprint density at radius 1 is 1.31 bits per heavy atom. The van der Waals surface area contributed by atoms with Gasteiger partial charge in [0.25, 0.3) is 5.91 Å². The van der Waals surface area contributed by atoms with Crippen LogP contribution in [-0.2, 0) is 13.5 Å². The molecule has 0 aliphatic heterocycles. The first kappa shape index (κ1) is 19.1. The summed E-state index contributed by atoms with van der Waals surface area (Å²) in [5, 5.41) is 15.3. The molecule has 0 bridgehead atoms. The lowest BCUT2D eigenvalue weighted by atomic mass is 10.1. The first-order valence-electron chi connectivity index (χ1n) is 9.06. The quantitative estimate of drug-likeness (QED) is 0.525. The van der Waals surface area contributed by atoms with E-state index in [4.69, 9.17) is 11.6 Å². The van der Waals surface area contributed by atoms with Gasteiger partial charge in [-0.25, -0.2) is 9.37 Å². The molecule has 29 heavy (non-hydrogen) atoms. The highest BCUT2D eigenvalue weighted by Crippen LogP contribution is 2.28. The Morgan fingerprint density at radius 2 is 2.14 bits per heavy atom. The van der Waals surface area contributed by atoms with Crippen LogP contribution in [0.3, 0.4) is 0 Å². The van der Waals surface area contributed by atoms with Crippen molar-refractivity contribution in [1.82, 2.24) is 30.3 Å². The zero-order chi connectivity index (χ0) is 20.5. The summed E-state index contributed by atoms with van der Waals surface area (Å²) >= 11 is 6.50. The second kappa shape index (κ2) is 7.63. The van der Waals surface area contributed by atoms with E-state index in [-0.39, 0.29) is 5.56 Å². The van der Waals surface area contributed by atoms with E-state index >= 15 is 0 Å². The van der Waals surface area contributed by atoms with Gasteiger partial charge in [0.05, 0.1) is 22.3 Å². The number of amides is 1. The number of aromatic amines is 1. The Hall–Kier alpha value is -3.26. The summed E-state index contributed by atoms with van der Waals surface area (Å²) in [5.74, 6) is -0.00581. The van der Waals surface area contributed by atoms with Crippen molar-refractivity contribution in [2.45, 2.75) is 13.3 Å². The monoisotopic (exact) mass is 412 g/mol. The van der Waals surface area contributed by atoms with Crippen LogP contribution in [0.2, 0.25) is 5.02 Å². The maximum absolute atomic E-state index is 14.4. The number of H-pyrrole nitrogens is 1. The molecular formula is C20H18ClFN6O. The highest BCUT2D eigenvalue weighted by molar-refractivity contribution is 6.36. The number of aromatic nitrogens is 5. The predicted molar refractivity (Wildman–Crippen MR) is 108 cm³/mol. The minimum Gasteiger partial charge on any atom is -0.352 e. The van der Waals surface area contributed by atoms with Gasteiger partial charge in [0, 0.05) is 31.0 Å². The number of nitrogens with zero attached hydrogens (tertiary/aromatic N) is 4. The Kier molecular flexibility index (Phi) is 5.02. The summed E-state index contributed by atoms with van der Waals surface area (Å²) in [5.41, 5.74) is 2.24. The van der Waals surface area contributed by atoms with Gasteiger partial charge in [0.1, 0.15) is 11.6 Å². The van der Waals surface area contributed by atoms with Crippen molar-refractivity contribution in [2.24, 2.45) is 7.05 Å². The number of halogens is 2. The van der Waals surface area contributed by atoms with E-state index in [1.165, 1.54) is 12.1 Å². The van der Waals surface area contributed by atoms with Gasteiger partial charge >= 0.3 is 0 Å². The molecule has 9 heteroatoms. The number of aryl methyl sites for hydroxylation is 1. The second-order valence-corrected chi connectivity index (χ2v) is 6.95. The fraction of sp³-hybridized carbons (Fsp3) is 0.200. The number of hydrogen-bond donors (Lipinski definition) is 2. The third-order valence-corrected chi connectivity index (χ3v) is 5.10. The van der Waals surface area contributed by atoms with Gasteiger partial charge in [0.15, 0.2) is 5.82 Å². The number of hydrogen-bond acceptors (Lipinski definition) is 4. The summed E-state index contributed by atoms with van der Waals surface area (Å²) in [7, 11) is 1.77. The molecule has 0 radical (unpaired) electrons. The van der Waals surface area contributed by atoms with Crippen LogP contribution in [0.25, 0.3) is 22.3 Å². The van der Waals surface area contributed by atoms with E-state index in [9.17, 15) is 9.18 Å². The third-order valence-electron chi connectivity index (χ3n) is 4.65. The minimum atomic E-state index is -0.615. The average Bonchev–Trinajstić information content (AvgIpc) is 3.31. The van der Waals surface area contributed by atoms with Crippen molar-refractivity contribution in [3.8, 4) is 11.4 Å². The molecule has 1 amide bonds. The van der Waals surface area contributed by atoms with Crippen molar-refractivity contribution in [3.63, 3.8) is 0 Å². The van der Waals surface area contributed by atoms with E-state index < -0.39 is 11.7 Å². The molecule has 2 aromatic carbocycles. The van der Waals surface area contributed by atoms with Crippen LogP contribution in [0.5, 0.6) is 0 Å². The number of rotatable bonds is 5. The Morgan fingerprint density at radius 3 is 2.90 bits per heavy atom. The molecule has 0 saturated carbocycles. The zero-order valence-electron chi connectivity index (χ0n) is 15.8. The molecule has 4 aromatic rings. The van der Waals surface area contributed by atoms with Crippen LogP contribution in [-0.4, -0.2) is 37.4 Å². The fourth-order valence-electron chi connectivity index (χ4n) is 3.12. The van der Waals surface area contributed by atoms with Crippen LogP contribution >= 0.6 is 11.6 Å². The molecule has 0 atom stereocenters. The molecule has 0 saturated heterocycles. The van der Waals surface area contributed by atoms with E-state index in [2.05, 4.69) is 25.6 Å². The van der Waals surface area contributed by atoms with E-state index in [1.54, 1.807) is 30.9 Å². The number of carbonyl (C=O) groups is 1. The van der Waals surface area contributed by atoms with E-state index in [1.807, 2.05) is 12.1 Å². The van der Waals surface area contributed by atoms with Crippen LogP contribution in [0, 0.1) is 5.82 Å². The van der Waals surface area contributed by atoms with Gasteiger partial charge in [-0.1, -0.05) is 23.7 Å². The highest BCUT2D eigenvalue weighted by atomic mass is 35.5. The number of fused-ring (bicyclic) bond motifs is 1. The SMILES string of the molecule is CCNC(=O)c1ccc(-c2nc(Cc3ccc4[nH]ncc4c3Cl)n(C)n2)cc1F. The summed E-state index contributed by atoms with van der Waals surface area (Å²) < 4.78 is 16.0. The predicted octanol–water partition coefficient (Wildman–Crippen LogP) is 3.49. The summed E-state index contributed by atoms with van der Waals surface area (Å²) in [6.45, 7) is 2.21. The average molecular weight is 413 g/mol. The highest BCUT2D eigenvalue weighted by Gasteiger charge is 2.16. The Labute approximate surface area is 170 Å². The zero-order valence-corrected chi connectivity index (χ0v) is 16.6. The van der Waals surface area contributed by atoms with Gasteiger partial charge in [-0.2, -0.15) is 10.2 Å². The lowest BCUT2D eigenvalue weighted by molar-refractivity contribution is 0.0952. The van der Waals surface area contributed by atoms with E-state index in [0.29, 0.717) is 35.2 Å². The van der Waals surface area contributed by atoms with Crippen LogP contribution in [0.15, 0.2) is 36.5 Å². The smallest absolute Gasteiger partial charge is 0.254 e. The van der Waals surface area contributed by atoms with Crippen LogP contribution in [0.1, 0.15) is 28.7 Å². The molecule has 0 spiro atoms. The van der Waals surface area contributed by atoms with Crippen molar-refractivity contribution in [3.05, 3.63) is 64.3 Å². The number of nitrogens with one attached hydrogen (secondary N) is 2. The third kappa shape index (κ3) is 3.58. The van der Waals surface area contributed by atoms with Gasteiger partial charge in [-0.05, 0) is 30.7 Å². The lowest BCUT2D eigenvalue weighted by Gasteiger charge is -2.05. The standard InChI is InChI=1S/C20H18ClFN6O/c1-3-23-20(29)13-6-4-12(8-15(13)22)19-25-17(28(2)27-19)9-11-5-7-16-14(18(11)21)10-24-26-16/h4-8,10H,3,9H2,1-2H3,(H,23,29)(H,24,26). The van der Waals surface area contributed by atoms with Crippen molar-refractivity contribution in [2.75, 3.05) is 6.54 Å². The molecule has 7 nitrogen and oxygen atoms in total. The largest absolute Gasteiger partial charge is 0.352 e. The molecule has 148 valence electrons. The summed E-state index contributed by atoms with van der Waals surface area (Å²) in [6.07, 6.45) is 2.14. The molecule has 2 N–H and O–H groups in total. The molecule has 0 unspecified atom stereocenters. The maximum atomic E-state index is 14.4. The van der Waals surface area contributed by atoms with Gasteiger partial charge < -0.3 is 5.32 Å². The minimum absolute atomic E-state index is 0.00745. The Balaban J connectivity index is 1.63. The van der Waals surface area contributed by atoms with Crippen molar-refractivity contribution >= 4 is 28.4 Å². The van der Waals surface area contributed by atoms with Crippen LogP contribution in [0.4, 0.5) is 4.39 Å². The van der Waals surface area contributed by atoms with Crippen molar-refractivity contribution in [1.29, 1.82) is 0 Å². The maximum Gasteiger partial charge on any atom is 0.254 e. The number of benzene rings is 2. The Bertz CT molecular complexity index is 1220. The van der Waals surface area contributed by atoms with Gasteiger partial charge in [0.2, 0.25) is 0 Å². The lowest BCUT2D eigenvalue weighted by Crippen LogP contribution is -2.23. The van der Waals surface area contributed by atoms with Crippen molar-refractivity contribution < 1.29 is 9.18 Å². The fourth-order valence-corrected chi connectivity index (χ4v) is 3.40. The first-order chi connectivity index (χ1) is 14.0. The first-order valence-corrected chi connectivity index (χ1v) is 9.44. The summed E-state index contributed by atoms with van der Waals surface area (Å²) in [4.78, 5) is 16.4. The molecular weight excluding hydrogens is 395 g/mol. The van der Waals surface area contributed by atoms with Crippen LogP contribution < -0.4 is 5.32 Å². The van der Waals surface area contributed by atoms with Gasteiger partial charge in [-0.3, -0.25) is 14.6 Å². The normalized spacial score (nSPS) is 11.2. The van der Waals surface area contributed by atoms with E-state index in [0.717, 1.165) is 16.5 Å². The summed E-state index contributed by atoms with van der Waals surface area (Å²) in [6, 6.07) is 8.18. The molecule has 0 fully saturated rings. The van der Waals surface area contributed by atoms with Gasteiger partial charge in [-0.15, -0.1) is 0 Å². The number of carbonyl (C=O) groups excluding carboxylic acids is 1. The molecule has 4 rings (SSSR count). The molecule has 0 aliphatic carbocycles. The second-order valence-electron chi connectivity index (χ2n) is 6.58. The molecule has 0 aliphatic rings. The topological polar surface area (TPSA) is 88.5 Å². The molecule has 2 heterocycles.